The van der Waals surface area contributed by atoms with Crippen LogP contribution in [0.1, 0.15) is 29.2 Å². The van der Waals surface area contributed by atoms with Gasteiger partial charge in [-0.3, -0.25) is 4.79 Å². The summed E-state index contributed by atoms with van der Waals surface area (Å²) in [6.07, 6.45) is 2.82. The molecule has 2 aromatic carbocycles. The number of aryl methyl sites for hydroxylation is 1. The fraction of sp³-hybridized carbons (Fsp3) is 0.250. The van der Waals surface area contributed by atoms with E-state index in [4.69, 9.17) is 4.74 Å². The quantitative estimate of drug-likeness (QED) is 0.671. The van der Waals surface area contributed by atoms with Crippen LogP contribution >= 0.6 is 15.9 Å². The van der Waals surface area contributed by atoms with Gasteiger partial charge in [-0.1, -0.05) is 34.1 Å². The molecule has 3 nitrogen and oxygen atoms in total. The Bertz CT molecular complexity index is 764. The first kappa shape index (κ1) is 18.3. The monoisotopic (exact) mass is 387 g/mol. The first-order valence-electron chi connectivity index (χ1n) is 7.79. The molecular weight excluding hydrogens is 366 g/mol. The lowest BCUT2D eigenvalue weighted by Crippen LogP contribution is -2.05. The number of carbonyl (C=O) groups is 1. The molecule has 1 N–H and O–H groups in total. The smallest absolute Gasteiger partial charge is 0.211 e. The van der Waals surface area contributed by atoms with Crippen LogP contribution in [0.15, 0.2) is 40.4 Å². The highest BCUT2D eigenvalue weighted by molar-refractivity contribution is 9.10. The standard InChI is InChI=1S/C20H22BrNO2/c1-13(9-17-5-7-18(21)8-6-17)11-24-19-10-14(2)20(22-12-23)16(4)15(19)3/h5-10,12H,11H2,1-4H3,(H,22,23). The zero-order valence-corrected chi connectivity index (χ0v) is 16.0. The van der Waals surface area contributed by atoms with Gasteiger partial charge < -0.3 is 10.1 Å². The Hall–Kier alpha value is -2.07. The fourth-order valence-corrected chi connectivity index (χ4v) is 2.82. The molecule has 0 bridgehead atoms. The Kier molecular flexibility index (Phi) is 6.21. The molecule has 0 unspecified atom stereocenters. The van der Waals surface area contributed by atoms with Gasteiger partial charge in [-0.25, -0.2) is 0 Å². The molecule has 1 amide bonds. The molecule has 0 aliphatic rings. The van der Waals surface area contributed by atoms with Crippen molar-refractivity contribution >= 4 is 34.1 Å². The zero-order valence-electron chi connectivity index (χ0n) is 14.4. The summed E-state index contributed by atoms with van der Waals surface area (Å²) in [5.74, 6) is 0.852. The predicted molar refractivity (Wildman–Crippen MR) is 104 cm³/mol. The Morgan fingerprint density at radius 3 is 2.46 bits per heavy atom. The van der Waals surface area contributed by atoms with E-state index >= 15 is 0 Å². The summed E-state index contributed by atoms with van der Waals surface area (Å²) in [7, 11) is 0. The van der Waals surface area contributed by atoms with Gasteiger partial charge >= 0.3 is 0 Å². The van der Waals surface area contributed by atoms with Crippen LogP contribution in [0.5, 0.6) is 5.75 Å². The van der Waals surface area contributed by atoms with Crippen molar-refractivity contribution in [2.45, 2.75) is 27.7 Å². The molecule has 0 spiro atoms. The van der Waals surface area contributed by atoms with E-state index in [-0.39, 0.29) is 0 Å². The lowest BCUT2D eigenvalue weighted by Gasteiger charge is -2.16. The normalized spacial score (nSPS) is 11.3. The van der Waals surface area contributed by atoms with Crippen LogP contribution in [-0.2, 0) is 4.79 Å². The van der Waals surface area contributed by atoms with Crippen molar-refractivity contribution < 1.29 is 9.53 Å². The highest BCUT2D eigenvalue weighted by Gasteiger charge is 2.11. The summed E-state index contributed by atoms with van der Waals surface area (Å²) >= 11 is 3.44. The molecule has 0 atom stereocenters. The summed E-state index contributed by atoms with van der Waals surface area (Å²) in [5, 5.41) is 2.76. The maximum Gasteiger partial charge on any atom is 0.211 e. The van der Waals surface area contributed by atoms with Crippen LogP contribution in [0.4, 0.5) is 5.69 Å². The molecule has 0 radical (unpaired) electrons. The second kappa shape index (κ2) is 8.15. The van der Waals surface area contributed by atoms with Gasteiger partial charge in [0.15, 0.2) is 0 Å². The SMILES string of the molecule is CC(=Cc1ccc(Br)cc1)COc1cc(C)c(NC=O)c(C)c1C. The second-order valence-electron chi connectivity index (χ2n) is 5.91. The molecule has 0 aliphatic heterocycles. The van der Waals surface area contributed by atoms with Crippen LogP contribution in [-0.4, -0.2) is 13.0 Å². The number of nitrogens with one attached hydrogen (secondary N) is 1. The molecule has 0 saturated carbocycles. The lowest BCUT2D eigenvalue weighted by molar-refractivity contribution is -0.105. The number of hydrogen-bond donors (Lipinski definition) is 1. The van der Waals surface area contributed by atoms with Gasteiger partial charge in [0.05, 0.1) is 0 Å². The van der Waals surface area contributed by atoms with E-state index in [9.17, 15) is 4.79 Å². The third-order valence-corrected chi connectivity index (χ3v) is 4.52. The van der Waals surface area contributed by atoms with Gasteiger partial charge in [-0.15, -0.1) is 0 Å². The first-order valence-corrected chi connectivity index (χ1v) is 8.58. The summed E-state index contributed by atoms with van der Waals surface area (Å²) in [6, 6.07) is 10.1. The van der Waals surface area contributed by atoms with Gasteiger partial charge in [0.1, 0.15) is 12.4 Å². The van der Waals surface area contributed by atoms with Crippen molar-refractivity contribution in [3.05, 3.63) is 62.6 Å². The van der Waals surface area contributed by atoms with Crippen molar-refractivity contribution in [3.63, 3.8) is 0 Å². The largest absolute Gasteiger partial charge is 0.489 e. The van der Waals surface area contributed by atoms with Crippen molar-refractivity contribution in [1.82, 2.24) is 0 Å². The number of carbonyl (C=O) groups excluding carboxylic acids is 1. The summed E-state index contributed by atoms with van der Waals surface area (Å²) in [4.78, 5) is 10.7. The number of rotatable bonds is 6. The number of halogens is 1. The summed E-state index contributed by atoms with van der Waals surface area (Å²) in [5.41, 5.74) is 6.22. The number of amides is 1. The van der Waals surface area contributed by atoms with E-state index in [0.29, 0.717) is 13.0 Å². The molecule has 2 aromatic rings. The Labute approximate surface area is 151 Å². The van der Waals surface area contributed by atoms with E-state index in [1.807, 2.05) is 39.0 Å². The van der Waals surface area contributed by atoms with Gasteiger partial charge in [0.25, 0.3) is 0 Å². The topological polar surface area (TPSA) is 38.3 Å². The minimum atomic E-state index is 0.524. The maximum absolute atomic E-state index is 10.7. The van der Waals surface area contributed by atoms with E-state index in [1.165, 1.54) is 0 Å². The highest BCUT2D eigenvalue weighted by atomic mass is 79.9. The molecule has 0 fully saturated rings. The van der Waals surface area contributed by atoms with Crippen molar-refractivity contribution in [3.8, 4) is 5.75 Å². The Morgan fingerprint density at radius 2 is 1.83 bits per heavy atom. The highest BCUT2D eigenvalue weighted by Crippen LogP contribution is 2.31. The minimum absolute atomic E-state index is 0.524. The van der Waals surface area contributed by atoms with E-state index < -0.39 is 0 Å². The molecular formula is C20H22BrNO2. The zero-order chi connectivity index (χ0) is 17.7. The average Bonchev–Trinajstić information content (AvgIpc) is 2.56. The van der Waals surface area contributed by atoms with E-state index in [0.717, 1.165) is 43.7 Å². The number of ether oxygens (including phenoxy) is 1. The number of hydrogen-bond acceptors (Lipinski definition) is 2. The Balaban J connectivity index is 2.14. The molecule has 2 rings (SSSR count). The van der Waals surface area contributed by atoms with Crippen LogP contribution in [0, 0.1) is 20.8 Å². The van der Waals surface area contributed by atoms with Crippen molar-refractivity contribution in [1.29, 1.82) is 0 Å². The van der Waals surface area contributed by atoms with Gasteiger partial charge in [0.2, 0.25) is 6.41 Å². The van der Waals surface area contributed by atoms with Gasteiger partial charge in [0, 0.05) is 10.2 Å². The molecule has 0 saturated heterocycles. The number of anilines is 1. The van der Waals surface area contributed by atoms with Crippen LogP contribution in [0.3, 0.4) is 0 Å². The van der Waals surface area contributed by atoms with Gasteiger partial charge in [-0.2, -0.15) is 0 Å². The average molecular weight is 388 g/mol. The molecule has 126 valence electrons. The summed E-state index contributed by atoms with van der Waals surface area (Å²) in [6.45, 7) is 8.55. The summed E-state index contributed by atoms with van der Waals surface area (Å²) < 4.78 is 7.06. The minimum Gasteiger partial charge on any atom is -0.489 e. The van der Waals surface area contributed by atoms with Gasteiger partial charge in [-0.05, 0) is 73.7 Å². The van der Waals surface area contributed by atoms with E-state index in [1.54, 1.807) is 0 Å². The first-order chi connectivity index (χ1) is 11.4. The number of benzene rings is 2. The van der Waals surface area contributed by atoms with E-state index in [2.05, 4.69) is 46.4 Å². The van der Waals surface area contributed by atoms with Crippen LogP contribution in [0.25, 0.3) is 6.08 Å². The molecule has 0 aromatic heterocycles. The molecule has 0 aliphatic carbocycles. The lowest BCUT2D eigenvalue weighted by atomic mass is 10.0. The third kappa shape index (κ3) is 4.48. The fourth-order valence-electron chi connectivity index (χ4n) is 2.55. The predicted octanol–water partition coefficient (Wildman–Crippen LogP) is 5.42. The molecule has 24 heavy (non-hydrogen) atoms. The second-order valence-corrected chi connectivity index (χ2v) is 6.83. The third-order valence-electron chi connectivity index (χ3n) is 3.99. The molecule has 4 heteroatoms. The van der Waals surface area contributed by atoms with Crippen LogP contribution < -0.4 is 10.1 Å². The van der Waals surface area contributed by atoms with Crippen molar-refractivity contribution in [2.24, 2.45) is 0 Å². The maximum atomic E-state index is 10.7. The Morgan fingerprint density at radius 1 is 1.17 bits per heavy atom. The van der Waals surface area contributed by atoms with Crippen LogP contribution in [0.2, 0.25) is 0 Å². The molecule has 0 heterocycles. The van der Waals surface area contributed by atoms with Crippen molar-refractivity contribution in [2.75, 3.05) is 11.9 Å².